The van der Waals surface area contributed by atoms with Gasteiger partial charge in [-0.3, -0.25) is 0 Å². The van der Waals surface area contributed by atoms with Crippen LogP contribution in [0.15, 0.2) is 24.3 Å². The van der Waals surface area contributed by atoms with Crippen LogP contribution >= 0.6 is 22.9 Å². The zero-order valence-corrected chi connectivity index (χ0v) is 8.21. The van der Waals surface area contributed by atoms with Gasteiger partial charge in [0.2, 0.25) is 0 Å². The minimum atomic E-state index is 0.942. The summed E-state index contributed by atoms with van der Waals surface area (Å²) >= 11 is 2.32. The Hall–Kier alpha value is -0.290. The Morgan fingerprint density at radius 3 is 3.09 bits per heavy atom. The molecular formula is C8H9IN2. The molecule has 2 nitrogen and oxygen atoms in total. The van der Waals surface area contributed by atoms with E-state index in [1.54, 1.807) is 0 Å². The Bertz CT molecular complexity index is 262. The van der Waals surface area contributed by atoms with Gasteiger partial charge in [-0.2, -0.15) is 0 Å². The van der Waals surface area contributed by atoms with Gasteiger partial charge in [0.25, 0.3) is 0 Å². The highest BCUT2D eigenvalue weighted by Crippen LogP contribution is 2.22. The van der Waals surface area contributed by atoms with Crippen LogP contribution in [0.1, 0.15) is 5.56 Å². The quantitative estimate of drug-likeness (QED) is 0.568. The highest BCUT2D eigenvalue weighted by molar-refractivity contribution is 14.1. The van der Waals surface area contributed by atoms with Crippen molar-refractivity contribution in [2.45, 2.75) is 6.54 Å². The van der Waals surface area contributed by atoms with Crippen LogP contribution in [-0.2, 0) is 6.54 Å². The lowest BCUT2D eigenvalue weighted by atomic mass is 10.1. The first-order chi connectivity index (χ1) is 5.36. The largest absolute Gasteiger partial charge is 0.371 e. The SMILES string of the molecule is IN1CNc2ccccc2C1. The van der Waals surface area contributed by atoms with Gasteiger partial charge in [-0.1, -0.05) is 18.2 Å². The number of hydrogen-bond acceptors (Lipinski definition) is 2. The standard InChI is InChI=1S/C8H9IN2/c9-11-5-7-3-1-2-4-8(7)10-6-11/h1-4,10H,5-6H2. The van der Waals surface area contributed by atoms with Gasteiger partial charge in [-0.05, 0) is 11.6 Å². The first kappa shape index (κ1) is 7.36. The summed E-state index contributed by atoms with van der Waals surface area (Å²) in [5.74, 6) is 0. The fourth-order valence-electron chi connectivity index (χ4n) is 1.24. The van der Waals surface area contributed by atoms with E-state index in [9.17, 15) is 0 Å². The Balaban J connectivity index is 2.34. The Labute approximate surface area is 80.1 Å². The summed E-state index contributed by atoms with van der Waals surface area (Å²) in [5.41, 5.74) is 2.66. The van der Waals surface area contributed by atoms with Gasteiger partial charge < -0.3 is 5.32 Å². The predicted molar refractivity (Wildman–Crippen MR) is 54.5 cm³/mol. The number of hydrogen-bond donors (Lipinski definition) is 1. The average Bonchev–Trinajstić information content (AvgIpc) is 2.04. The molecule has 0 saturated carbocycles. The van der Waals surface area contributed by atoms with Gasteiger partial charge in [-0.15, -0.1) is 0 Å². The highest BCUT2D eigenvalue weighted by Gasteiger charge is 2.11. The number of anilines is 1. The monoisotopic (exact) mass is 260 g/mol. The van der Waals surface area contributed by atoms with Gasteiger partial charge >= 0.3 is 0 Å². The van der Waals surface area contributed by atoms with Crippen LogP contribution in [0.5, 0.6) is 0 Å². The number of fused-ring (bicyclic) bond motifs is 1. The third-order valence-electron chi connectivity index (χ3n) is 1.80. The van der Waals surface area contributed by atoms with Crippen molar-refractivity contribution in [2.24, 2.45) is 0 Å². The maximum atomic E-state index is 3.33. The molecule has 0 spiro atoms. The summed E-state index contributed by atoms with van der Waals surface area (Å²) < 4.78 is 2.22. The number of para-hydroxylation sites is 1. The zero-order chi connectivity index (χ0) is 7.68. The van der Waals surface area contributed by atoms with E-state index < -0.39 is 0 Å². The number of nitrogens with zero attached hydrogens (tertiary/aromatic N) is 1. The molecule has 1 aliphatic rings. The van der Waals surface area contributed by atoms with Crippen molar-refractivity contribution in [2.75, 3.05) is 12.0 Å². The maximum Gasteiger partial charge on any atom is 0.0771 e. The fraction of sp³-hybridized carbons (Fsp3) is 0.250. The molecule has 1 aliphatic heterocycles. The lowest BCUT2D eigenvalue weighted by Gasteiger charge is -2.24. The molecule has 1 N–H and O–H groups in total. The minimum Gasteiger partial charge on any atom is -0.371 e. The number of halogens is 1. The molecule has 1 heterocycles. The third kappa shape index (κ3) is 1.49. The van der Waals surface area contributed by atoms with Gasteiger partial charge in [0.1, 0.15) is 0 Å². The van der Waals surface area contributed by atoms with Crippen molar-refractivity contribution in [1.29, 1.82) is 0 Å². The average molecular weight is 260 g/mol. The summed E-state index contributed by atoms with van der Waals surface area (Å²) in [6.45, 7) is 1.99. The second-order valence-electron chi connectivity index (χ2n) is 2.61. The molecule has 0 unspecified atom stereocenters. The van der Waals surface area contributed by atoms with E-state index in [4.69, 9.17) is 0 Å². The summed E-state index contributed by atoms with van der Waals surface area (Å²) in [6.07, 6.45) is 0. The smallest absolute Gasteiger partial charge is 0.0771 e. The first-order valence-corrected chi connectivity index (χ1v) is 4.55. The van der Waals surface area contributed by atoms with Crippen LogP contribution in [0.25, 0.3) is 0 Å². The minimum absolute atomic E-state index is 0.942. The Kier molecular flexibility index (Phi) is 2.00. The van der Waals surface area contributed by atoms with Gasteiger partial charge in [0, 0.05) is 35.1 Å². The van der Waals surface area contributed by atoms with Crippen molar-refractivity contribution < 1.29 is 0 Å². The van der Waals surface area contributed by atoms with Crippen molar-refractivity contribution in [1.82, 2.24) is 3.11 Å². The number of nitrogens with one attached hydrogen (secondary N) is 1. The maximum absolute atomic E-state index is 3.33. The zero-order valence-electron chi connectivity index (χ0n) is 6.05. The van der Waals surface area contributed by atoms with Crippen LogP contribution < -0.4 is 5.32 Å². The first-order valence-electron chi connectivity index (χ1n) is 3.59. The molecule has 2 rings (SSSR count). The topological polar surface area (TPSA) is 15.3 Å². The lowest BCUT2D eigenvalue weighted by Crippen LogP contribution is -2.25. The highest BCUT2D eigenvalue weighted by atomic mass is 127. The molecule has 58 valence electrons. The Morgan fingerprint density at radius 2 is 2.18 bits per heavy atom. The summed E-state index contributed by atoms with van der Waals surface area (Å²) in [4.78, 5) is 0. The Morgan fingerprint density at radius 1 is 1.36 bits per heavy atom. The molecule has 0 fully saturated rings. The van der Waals surface area contributed by atoms with Crippen LogP contribution in [0.2, 0.25) is 0 Å². The van der Waals surface area contributed by atoms with Crippen LogP contribution in [-0.4, -0.2) is 9.78 Å². The molecule has 0 aliphatic carbocycles. The van der Waals surface area contributed by atoms with E-state index in [0.717, 1.165) is 13.2 Å². The van der Waals surface area contributed by atoms with Gasteiger partial charge in [-0.25, -0.2) is 3.11 Å². The molecule has 0 aromatic heterocycles. The number of rotatable bonds is 0. The van der Waals surface area contributed by atoms with Crippen molar-refractivity contribution in [3.63, 3.8) is 0 Å². The van der Waals surface area contributed by atoms with E-state index in [1.807, 2.05) is 0 Å². The van der Waals surface area contributed by atoms with Crippen molar-refractivity contribution >= 4 is 28.6 Å². The van der Waals surface area contributed by atoms with Gasteiger partial charge in [0.15, 0.2) is 0 Å². The normalized spacial score (nSPS) is 17.2. The molecule has 1 aromatic rings. The molecule has 0 radical (unpaired) electrons. The number of benzene rings is 1. The molecule has 1 aromatic carbocycles. The van der Waals surface area contributed by atoms with E-state index in [-0.39, 0.29) is 0 Å². The van der Waals surface area contributed by atoms with E-state index in [1.165, 1.54) is 11.3 Å². The lowest BCUT2D eigenvalue weighted by molar-refractivity contribution is 0.524. The summed E-state index contributed by atoms with van der Waals surface area (Å²) in [7, 11) is 0. The van der Waals surface area contributed by atoms with Crippen LogP contribution in [0.3, 0.4) is 0 Å². The van der Waals surface area contributed by atoms with E-state index in [0.29, 0.717) is 0 Å². The summed E-state index contributed by atoms with van der Waals surface area (Å²) in [6, 6.07) is 8.43. The van der Waals surface area contributed by atoms with Crippen molar-refractivity contribution in [3.8, 4) is 0 Å². The second kappa shape index (κ2) is 2.98. The third-order valence-corrected chi connectivity index (χ3v) is 2.48. The molecular weight excluding hydrogens is 251 g/mol. The molecule has 0 atom stereocenters. The van der Waals surface area contributed by atoms with Crippen molar-refractivity contribution in [3.05, 3.63) is 29.8 Å². The predicted octanol–water partition coefficient (Wildman–Crippen LogP) is 2.22. The molecule has 3 heteroatoms. The van der Waals surface area contributed by atoms with E-state index >= 15 is 0 Å². The van der Waals surface area contributed by atoms with E-state index in [2.05, 4.69) is 55.6 Å². The molecule has 0 saturated heterocycles. The van der Waals surface area contributed by atoms with Crippen LogP contribution in [0, 0.1) is 0 Å². The van der Waals surface area contributed by atoms with Gasteiger partial charge in [0.05, 0.1) is 6.67 Å². The molecule has 11 heavy (non-hydrogen) atoms. The molecule has 0 amide bonds. The molecule has 0 bridgehead atoms. The second-order valence-corrected chi connectivity index (χ2v) is 3.98. The fourth-order valence-corrected chi connectivity index (χ4v) is 1.78. The summed E-state index contributed by atoms with van der Waals surface area (Å²) in [5, 5.41) is 3.33. The van der Waals surface area contributed by atoms with Crippen LogP contribution in [0.4, 0.5) is 5.69 Å².